The summed E-state index contributed by atoms with van der Waals surface area (Å²) in [5.74, 6) is -1.52. The Morgan fingerprint density at radius 3 is 2.40 bits per heavy atom. The van der Waals surface area contributed by atoms with Crippen LogP contribution in [0, 0.1) is 0 Å². The summed E-state index contributed by atoms with van der Waals surface area (Å²) in [4.78, 5) is 40.9. The van der Waals surface area contributed by atoms with E-state index in [2.05, 4.69) is 9.47 Å². The standard InChI is InChI=1S/C6H7NO8/c8-1-3(4(10)11)7-5(12)15-6(13)14-2-9/h2-3,8H,1H2,(H,7,12)(H,10,11)/t3-/m0/s1. The zero-order valence-electron chi connectivity index (χ0n) is 7.21. The SMILES string of the molecule is O=COC(=O)OC(=O)N[C@@H](CO)C(=O)O. The first-order chi connectivity index (χ1) is 7.01. The second-order valence-electron chi connectivity index (χ2n) is 2.07. The number of ether oxygens (including phenoxy) is 2. The van der Waals surface area contributed by atoms with Crippen LogP contribution in [-0.4, -0.2) is 47.6 Å². The summed E-state index contributed by atoms with van der Waals surface area (Å²) in [5.41, 5.74) is 0. The lowest BCUT2D eigenvalue weighted by atomic mass is 10.3. The van der Waals surface area contributed by atoms with Gasteiger partial charge in [0.25, 0.3) is 0 Å². The van der Waals surface area contributed by atoms with Crippen molar-refractivity contribution in [2.24, 2.45) is 0 Å². The fourth-order valence-electron chi connectivity index (χ4n) is 0.496. The van der Waals surface area contributed by atoms with Crippen LogP contribution < -0.4 is 5.32 Å². The van der Waals surface area contributed by atoms with Crippen molar-refractivity contribution in [2.75, 3.05) is 6.61 Å². The van der Waals surface area contributed by atoms with E-state index < -0.39 is 30.9 Å². The van der Waals surface area contributed by atoms with Crippen LogP contribution in [0.3, 0.4) is 0 Å². The van der Waals surface area contributed by atoms with Gasteiger partial charge in [0.05, 0.1) is 6.61 Å². The maximum Gasteiger partial charge on any atom is 0.525 e. The highest BCUT2D eigenvalue weighted by atomic mass is 16.8. The minimum atomic E-state index is -1.61. The van der Waals surface area contributed by atoms with Crippen molar-refractivity contribution in [3.8, 4) is 0 Å². The molecular formula is C6H7NO8. The van der Waals surface area contributed by atoms with Crippen molar-refractivity contribution in [1.82, 2.24) is 5.32 Å². The predicted molar refractivity (Wildman–Crippen MR) is 40.7 cm³/mol. The molecular weight excluding hydrogens is 214 g/mol. The van der Waals surface area contributed by atoms with Crippen LogP contribution in [0.15, 0.2) is 0 Å². The van der Waals surface area contributed by atoms with Crippen molar-refractivity contribution in [1.29, 1.82) is 0 Å². The molecule has 0 radical (unpaired) electrons. The Kier molecular flexibility index (Phi) is 5.41. The lowest BCUT2D eigenvalue weighted by molar-refractivity contribution is -0.140. The number of carbonyl (C=O) groups excluding carboxylic acids is 3. The number of carbonyl (C=O) groups is 4. The molecule has 0 aliphatic heterocycles. The molecule has 0 bridgehead atoms. The number of alkyl carbamates (subject to hydrolysis) is 1. The first kappa shape index (κ1) is 12.8. The van der Waals surface area contributed by atoms with Gasteiger partial charge in [0.15, 0.2) is 6.04 Å². The number of hydrogen-bond acceptors (Lipinski definition) is 7. The monoisotopic (exact) mass is 221 g/mol. The van der Waals surface area contributed by atoms with Gasteiger partial charge in [0, 0.05) is 0 Å². The van der Waals surface area contributed by atoms with Gasteiger partial charge >= 0.3 is 24.7 Å². The van der Waals surface area contributed by atoms with Gasteiger partial charge in [-0.15, -0.1) is 0 Å². The average Bonchev–Trinajstić information content (AvgIpc) is 2.13. The van der Waals surface area contributed by atoms with E-state index in [-0.39, 0.29) is 6.47 Å². The number of aliphatic hydroxyl groups excluding tert-OH is 1. The third-order valence-electron chi connectivity index (χ3n) is 1.09. The van der Waals surface area contributed by atoms with Crippen molar-refractivity contribution >= 4 is 24.7 Å². The lowest BCUT2D eigenvalue weighted by Crippen LogP contribution is -2.44. The minimum Gasteiger partial charge on any atom is -0.480 e. The largest absolute Gasteiger partial charge is 0.525 e. The summed E-state index contributed by atoms with van der Waals surface area (Å²) in [6.07, 6.45) is -3.06. The smallest absolute Gasteiger partial charge is 0.480 e. The van der Waals surface area contributed by atoms with Gasteiger partial charge in [0.2, 0.25) is 0 Å². The number of aliphatic carboxylic acids is 1. The van der Waals surface area contributed by atoms with E-state index in [0.717, 1.165) is 0 Å². The fraction of sp³-hybridized carbons (Fsp3) is 0.333. The van der Waals surface area contributed by atoms with E-state index >= 15 is 0 Å². The molecule has 0 aliphatic carbocycles. The highest BCUT2D eigenvalue weighted by Crippen LogP contribution is 1.88. The highest BCUT2D eigenvalue weighted by molar-refractivity contribution is 5.86. The molecule has 0 saturated heterocycles. The molecule has 0 heterocycles. The van der Waals surface area contributed by atoms with Gasteiger partial charge in [0.1, 0.15) is 0 Å². The maximum absolute atomic E-state index is 10.7. The van der Waals surface area contributed by atoms with E-state index in [1.165, 1.54) is 0 Å². The van der Waals surface area contributed by atoms with Crippen LogP contribution >= 0.6 is 0 Å². The van der Waals surface area contributed by atoms with Crippen LogP contribution in [0.25, 0.3) is 0 Å². The summed E-state index contributed by atoms with van der Waals surface area (Å²) < 4.78 is 7.33. The Bertz CT molecular complexity index is 274. The van der Waals surface area contributed by atoms with Crippen LogP contribution in [-0.2, 0) is 19.1 Å². The van der Waals surface area contributed by atoms with Gasteiger partial charge < -0.3 is 25.0 Å². The van der Waals surface area contributed by atoms with Gasteiger partial charge in [-0.1, -0.05) is 0 Å². The molecule has 9 heteroatoms. The molecule has 9 nitrogen and oxygen atoms in total. The summed E-state index contributed by atoms with van der Waals surface area (Å²) in [5, 5.41) is 18.4. The zero-order chi connectivity index (χ0) is 11.8. The summed E-state index contributed by atoms with van der Waals surface area (Å²) in [6, 6.07) is -1.61. The number of aliphatic hydroxyl groups is 1. The molecule has 84 valence electrons. The number of hydrogen-bond donors (Lipinski definition) is 3. The van der Waals surface area contributed by atoms with Gasteiger partial charge in [-0.2, -0.15) is 0 Å². The Morgan fingerprint density at radius 1 is 1.40 bits per heavy atom. The summed E-state index contributed by atoms with van der Waals surface area (Å²) in [7, 11) is 0. The Labute approximate surface area is 82.6 Å². The molecule has 0 unspecified atom stereocenters. The molecule has 0 aromatic heterocycles. The molecule has 0 aliphatic rings. The predicted octanol–water partition coefficient (Wildman–Crippen LogP) is -1.55. The lowest BCUT2D eigenvalue weighted by Gasteiger charge is -2.09. The van der Waals surface area contributed by atoms with Gasteiger partial charge in [-0.3, -0.25) is 4.79 Å². The molecule has 0 aromatic rings. The molecule has 0 aromatic carbocycles. The second kappa shape index (κ2) is 6.32. The van der Waals surface area contributed by atoms with Crippen molar-refractivity contribution in [2.45, 2.75) is 6.04 Å². The van der Waals surface area contributed by atoms with E-state index in [1.807, 2.05) is 0 Å². The normalized spacial score (nSPS) is 11.0. The molecule has 15 heavy (non-hydrogen) atoms. The quantitative estimate of drug-likeness (QED) is 0.294. The van der Waals surface area contributed by atoms with Crippen LogP contribution in [0.5, 0.6) is 0 Å². The first-order valence-corrected chi connectivity index (χ1v) is 3.47. The number of nitrogens with one attached hydrogen (secondary N) is 1. The molecule has 0 rings (SSSR count). The van der Waals surface area contributed by atoms with E-state index in [9.17, 15) is 19.2 Å². The van der Waals surface area contributed by atoms with E-state index in [1.54, 1.807) is 5.32 Å². The Morgan fingerprint density at radius 2 is 2.00 bits per heavy atom. The van der Waals surface area contributed by atoms with Crippen molar-refractivity contribution in [3.63, 3.8) is 0 Å². The first-order valence-electron chi connectivity index (χ1n) is 3.47. The van der Waals surface area contributed by atoms with Crippen molar-refractivity contribution < 1.29 is 38.9 Å². The highest BCUT2D eigenvalue weighted by Gasteiger charge is 2.21. The molecule has 0 spiro atoms. The maximum atomic E-state index is 10.7. The van der Waals surface area contributed by atoms with E-state index in [0.29, 0.717) is 0 Å². The molecule has 1 atom stereocenters. The topological polar surface area (TPSA) is 139 Å². The number of carboxylic acid groups (broad SMARTS) is 1. The Balaban J connectivity index is 4.06. The van der Waals surface area contributed by atoms with Crippen molar-refractivity contribution in [3.05, 3.63) is 0 Å². The average molecular weight is 221 g/mol. The van der Waals surface area contributed by atoms with Gasteiger partial charge in [-0.25, -0.2) is 14.4 Å². The second-order valence-corrected chi connectivity index (χ2v) is 2.07. The number of amides is 1. The Hall–Kier alpha value is -2.16. The number of rotatable bonds is 4. The number of carboxylic acids is 1. The molecule has 1 amide bonds. The van der Waals surface area contributed by atoms with Gasteiger partial charge in [-0.05, 0) is 0 Å². The third-order valence-corrected chi connectivity index (χ3v) is 1.09. The van der Waals surface area contributed by atoms with Crippen LogP contribution in [0.4, 0.5) is 9.59 Å². The zero-order valence-corrected chi connectivity index (χ0v) is 7.21. The van der Waals surface area contributed by atoms with Crippen LogP contribution in [0.1, 0.15) is 0 Å². The van der Waals surface area contributed by atoms with Crippen LogP contribution in [0.2, 0.25) is 0 Å². The molecule has 3 N–H and O–H groups in total. The molecule has 0 fully saturated rings. The van der Waals surface area contributed by atoms with E-state index in [4.69, 9.17) is 10.2 Å². The minimum absolute atomic E-state index is 0.268. The summed E-state index contributed by atoms with van der Waals surface area (Å²) in [6.45, 7) is -1.15. The fourth-order valence-corrected chi connectivity index (χ4v) is 0.496. The molecule has 0 saturated carbocycles. The third kappa shape index (κ3) is 5.21. The summed E-state index contributed by atoms with van der Waals surface area (Å²) >= 11 is 0.